The fourth-order valence-corrected chi connectivity index (χ4v) is 1.62. The predicted molar refractivity (Wildman–Crippen MR) is 77.9 cm³/mol. The second-order valence-corrected chi connectivity index (χ2v) is 4.21. The van der Waals surface area contributed by atoms with E-state index >= 15 is 0 Å². The average molecular weight is 271 g/mol. The van der Waals surface area contributed by atoms with Gasteiger partial charge in [0.05, 0.1) is 6.54 Å². The van der Waals surface area contributed by atoms with Crippen LogP contribution in [0.1, 0.15) is 5.56 Å². The normalized spacial score (nSPS) is 9.85. The van der Waals surface area contributed by atoms with Crippen LogP contribution in [-0.2, 0) is 0 Å². The Balaban J connectivity index is 1.69. The molecule has 2 N–H and O–H groups in total. The number of hydrogen-bond donors (Lipinski definition) is 2. The van der Waals surface area contributed by atoms with E-state index in [9.17, 15) is 4.79 Å². The zero-order valence-electron chi connectivity index (χ0n) is 11.3. The van der Waals surface area contributed by atoms with Crippen LogP contribution in [0.5, 0.6) is 5.75 Å². The molecule has 0 unspecified atom stereocenters. The molecular formula is C15H17N3O2. The number of hydrogen-bond acceptors (Lipinski definition) is 3. The lowest BCUT2D eigenvalue weighted by Crippen LogP contribution is -2.32. The molecule has 2 rings (SSSR count). The molecule has 1 heterocycles. The van der Waals surface area contributed by atoms with E-state index in [1.165, 1.54) is 0 Å². The first-order valence-electron chi connectivity index (χ1n) is 6.40. The zero-order chi connectivity index (χ0) is 14.2. The number of urea groups is 1. The Morgan fingerprint density at radius 3 is 2.75 bits per heavy atom. The first-order valence-corrected chi connectivity index (χ1v) is 6.40. The number of aromatic nitrogens is 1. The quantitative estimate of drug-likeness (QED) is 0.822. The van der Waals surface area contributed by atoms with Crippen molar-refractivity contribution in [2.24, 2.45) is 0 Å². The van der Waals surface area contributed by atoms with Gasteiger partial charge in [-0.2, -0.15) is 0 Å². The van der Waals surface area contributed by atoms with E-state index in [-0.39, 0.29) is 6.03 Å². The number of para-hydroxylation sites is 1. The average Bonchev–Trinajstić information content (AvgIpc) is 2.47. The van der Waals surface area contributed by atoms with Gasteiger partial charge in [0.2, 0.25) is 0 Å². The van der Waals surface area contributed by atoms with Gasteiger partial charge < -0.3 is 10.1 Å². The summed E-state index contributed by atoms with van der Waals surface area (Å²) in [6.45, 7) is 2.73. The van der Waals surface area contributed by atoms with E-state index in [4.69, 9.17) is 4.74 Å². The van der Waals surface area contributed by atoms with Crippen LogP contribution in [0, 0.1) is 6.92 Å². The van der Waals surface area contributed by atoms with Gasteiger partial charge in [-0.1, -0.05) is 24.3 Å². The van der Waals surface area contributed by atoms with Crippen LogP contribution in [0.4, 0.5) is 10.6 Å². The number of benzene rings is 1. The lowest BCUT2D eigenvalue weighted by atomic mass is 10.3. The van der Waals surface area contributed by atoms with Gasteiger partial charge in [-0.05, 0) is 30.7 Å². The smallest absolute Gasteiger partial charge is 0.320 e. The Hall–Kier alpha value is -2.56. The van der Waals surface area contributed by atoms with Gasteiger partial charge in [0.25, 0.3) is 0 Å². The van der Waals surface area contributed by atoms with Crippen molar-refractivity contribution in [1.29, 1.82) is 0 Å². The third kappa shape index (κ3) is 4.28. The first kappa shape index (κ1) is 13.9. The summed E-state index contributed by atoms with van der Waals surface area (Å²) < 4.78 is 5.47. The maximum absolute atomic E-state index is 11.7. The minimum absolute atomic E-state index is 0.288. The highest BCUT2D eigenvalue weighted by atomic mass is 16.5. The van der Waals surface area contributed by atoms with Crippen molar-refractivity contribution in [2.75, 3.05) is 18.5 Å². The standard InChI is InChI=1S/C15H17N3O2/c1-12-6-5-9-16-14(12)18-15(19)17-10-11-20-13-7-3-2-4-8-13/h2-9H,10-11H2,1H3,(H2,16,17,18,19). The molecule has 0 saturated carbocycles. The number of nitrogens with zero attached hydrogens (tertiary/aromatic N) is 1. The molecule has 0 aliphatic rings. The Morgan fingerprint density at radius 1 is 1.20 bits per heavy atom. The fourth-order valence-electron chi connectivity index (χ4n) is 1.62. The molecule has 2 amide bonds. The minimum atomic E-state index is -0.288. The van der Waals surface area contributed by atoms with Crippen LogP contribution < -0.4 is 15.4 Å². The number of anilines is 1. The molecule has 0 saturated heterocycles. The summed E-state index contributed by atoms with van der Waals surface area (Å²) in [4.78, 5) is 15.7. The van der Waals surface area contributed by atoms with Crippen molar-refractivity contribution in [3.63, 3.8) is 0 Å². The highest BCUT2D eigenvalue weighted by Crippen LogP contribution is 2.09. The molecule has 0 atom stereocenters. The SMILES string of the molecule is Cc1cccnc1NC(=O)NCCOc1ccccc1. The van der Waals surface area contributed by atoms with Crippen molar-refractivity contribution in [3.05, 3.63) is 54.2 Å². The monoisotopic (exact) mass is 271 g/mol. The highest BCUT2D eigenvalue weighted by Gasteiger charge is 2.04. The molecule has 1 aromatic heterocycles. The molecule has 0 radical (unpaired) electrons. The number of amides is 2. The summed E-state index contributed by atoms with van der Waals surface area (Å²) in [6.07, 6.45) is 1.64. The van der Waals surface area contributed by atoms with Crippen molar-refractivity contribution in [1.82, 2.24) is 10.3 Å². The Kier molecular flexibility index (Phi) is 4.94. The third-order valence-corrected chi connectivity index (χ3v) is 2.64. The molecule has 104 valence electrons. The molecule has 0 fully saturated rings. The topological polar surface area (TPSA) is 63.2 Å². The molecule has 1 aromatic carbocycles. The summed E-state index contributed by atoms with van der Waals surface area (Å²) in [7, 11) is 0. The maximum Gasteiger partial charge on any atom is 0.320 e. The van der Waals surface area contributed by atoms with Crippen LogP contribution in [0.15, 0.2) is 48.7 Å². The molecule has 2 aromatic rings. The Labute approximate surface area is 118 Å². The number of nitrogens with one attached hydrogen (secondary N) is 2. The van der Waals surface area contributed by atoms with Crippen molar-refractivity contribution < 1.29 is 9.53 Å². The van der Waals surface area contributed by atoms with Crippen molar-refractivity contribution >= 4 is 11.8 Å². The van der Waals surface area contributed by atoms with Gasteiger partial charge in [-0.3, -0.25) is 5.32 Å². The van der Waals surface area contributed by atoms with Gasteiger partial charge >= 0.3 is 6.03 Å². The Bertz CT molecular complexity index is 558. The van der Waals surface area contributed by atoms with E-state index in [1.54, 1.807) is 6.20 Å². The molecular weight excluding hydrogens is 254 g/mol. The molecule has 5 heteroatoms. The number of rotatable bonds is 5. The van der Waals surface area contributed by atoms with Crippen molar-refractivity contribution in [2.45, 2.75) is 6.92 Å². The number of aryl methyl sites for hydroxylation is 1. The van der Waals surface area contributed by atoms with Crippen LogP contribution in [0.25, 0.3) is 0 Å². The van der Waals surface area contributed by atoms with Crippen LogP contribution in [0.2, 0.25) is 0 Å². The minimum Gasteiger partial charge on any atom is -0.492 e. The molecule has 0 bridgehead atoms. The van der Waals surface area contributed by atoms with Crippen LogP contribution >= 0.6 is 0 Å². The number of ether oxygens (including phenoxy) is 1. The predicted octanol–water partition coefficient (Wildman–Crippen LogP) is 2.59. The highest BCUT2D eigenvalue weighted by molar-refractivity contribution is 5.88. The van der Waals surface area contributed by atoms with Gasteiger partial charge in [-0.15, -0.1) is 0 Å². The lowest BCUT2D eigenvalue weighted by Gasteiger charge is -2.09. The molecule has 0 aliphatic carbocycles. The van der Waals surface area contributed by atoms with E-state index in [0.717, 1.165) is 11.3 Å². The zero-order valence-corrected chi connectivity index (χ0v) is 11.3. The van der Waals surface area contributed by atoms with E-state index in [2.05, 4.69) is 15.6 Å². The van der Waals surface area contributed by atoms with E-state index in [0.29, 0.717) is 19.0 Å². The van der Waals surface area contributed by atoms with E-state index in [1.807, 2.05) is 49.4 Å². The summed E-state index contributed by atoms with van der Waals surface area (Å²) in [6, 6.07) is 12.9. The second-order valence-electron chi connectivity index (χ2n) is 4.21. The maximum atomic E-state index is 11.7. The Morgan fingerprint density at radius 2 is 2.00 bits per heavy atom. The summed E-state index contributed by atoms with van der Waals surface area (Å²) >= 11 is 0. The summed E-state index contributed by atoms with van der Waals surface area (Å²) in [5.41, 5.74) is 0.920. The molecule has 5 nitrogen and oxygen atoms in total. The second kappa shape index (κ2) is 7.13. The summed E-state index contributed by atoms with van der Waals surface area (Å²) in [5, 5.41) is 5.41. The third-order valence-electron chi connectivity index (χ3n) is 2.64. The fraction of sp³-hybridized carbons (Fsp3) is 0.200. The van der Waals surface area contributed by atoms with Crippen LogP contribution in [-0.4, -0.2) is 24.2 Å². The van der Waals surface area contributed by atoms with Crippen molar-refractivity contribution in [3.8, 4) is 5.75 Å². The van der Waals surface area contributed by atoms with Crippen LogP contribution in [0.3, 0.4) is 0 Å². The van der Waals surface area contributed by atoms with Gasteiger partial charge in [-0.25, -0.2) is 9.78 Å². The molecule has 20 heavy (non-hydrogen) atoms. The number of carbonyl (C=O) groups is 1. The van der Waals surface area contributed by atoms with Gasteiger partial charge in [0.15, 0.2) is 0 Å². The number of pyridine rings is 1. The van der Waals surface area contributed by atoms with Gasteiger partial charge in [0.1, 0.15) is 18.2 Å². The van der Waals surface area contributed by atoms with Gasteiger partial charge in [0, 0.05) is 6.20 Å². The molecule has 0 aliphatic heterocycles. The molecule has 0 spiro atoms. The lowest BCUT2D eigenvalue weighted by molar-refractivity contribution is 0.247. The van der Waals surface area contributed by atoms with E-state index < -0.39 is 0 Å². The summed E-state index contributed by atoms with van der Waals surface area (Å²) in [5.74, 6) is 1.35. The number of carbonyl (C=O) groups excluding carboxylic acids is 1. The largest absolute Gasteiger partial charge is 0.492 e. The first-order chi connectivity index (χ1) is 9.75.